The fourth-order valence-electron chi connectivity index (χ4n) is 0.831. The molecule has 6 heteroatoms. The second kappa shape index (κ2) is 4.08. The van der Waals surface area contributed by atoms with E-state index < -0.39 is 23.6 Å². The fraction of sp³-hybridized carbons (Fsp3) is 0.714. The molecule has 0 aromatic rings. The molecule has 0 bridgehead atoms. The minimum atomic E-state index is -1.43. The molecule has 4 N–H and O–H groups in total. The summed E-state index contributed by atoms with van der Waals surface area (Å²) in [4.78, 5) is 21.4. The summed E-state index contributed by atoms with van der Waals surface area (Å²) in [5.74, 6) is -0.574. The molecule has 0 saturated carbocycles. The van der Waals surface area contributed by atoms with E-state index in [1.807, 2.05) is 5.32 Å². The van der Waals surface area contributed by atoms with Gasteiger partial charge in [0.25, 0.3) is 0 Å². The molecule has 0 radical (unpaired) electrons. The van der Waals surface area contributed by atoms with Gasteiger partial charge in [-0.3, -0.25) is 4.79 Å². The molecule has 0 aromatic heterocycles. The van der Waals surface area contributed by atoms with Crippen molar-refractivity contribution in [2.75, 3.05) is 7.05 Å². The number of rotatable bonds is 3. The predicted molar refractivity (Wildman–Crippen MR) is 45.3 cm³/mol. The quantitative estimate of drug-likeness (QED) is 0.465. The summed E-state index contributed by atoms with van der Waals surface area (Å²) in [5, 5.41) is 22.0. The Kier molecular flexibility index (Phi) is 3.68. The Bertz CT molecular complexity index is 209. The number of aliphatic hydroxyl groups is 1. The van der Waals surface area contributed by atoms with E-state index in [0.29, 0.717) is 0 Å². The van der Waals surface area contributed by atoms with Gasteiger partial charge in [-0.05, 0) is 13.8 Å². The third-order valence-electron chi connectivity index (χ3n) is 1.48. The monoisotopic (exact) mass is 190 g/mol. The van der Waals surface area contributed by atoms with E-state index in [1.54, 1.807) is 0 Å². The van der Waals surface area contributed by atoms with Crippen LogP contribution in [0, 0.1) is 0 Å². The van der Waals surface area contributed by atoms with Gasteiger partial charge in [0.2, 0.25) is 5.91 Å². The summed E-state index contributed by atoms with van der Waals surface area (Å²) in [5.41, 5.74) is -1.43. The fourth-order valence-corrected chi connectivity index (χ4v) is 0.831. The molecular formula is C7H14N2O4. The zero-order valence-corrected chi connectivity index (χ0v) is 7.79. The largest absolute Gasteiger partial charge is 0.465 e. The Hall–Kier alpha value is -1.30. The molecule has 0 heterocycles. The average molecular weight is 190 g/mol. The van der Waals surface area contributed by atoms with Crippen LogP contribution in [0.25, 0.3) is 0 Å². The Morgan fingerprint density at radius 2 is 1.85 bits per heavy atom. The highest BCUT2D eigenvalue weighted by Crippen LogP contribution is 2.08. The summed E-state index contributed by atoms with van der Waals surface area (Å²) < 4.78 is 0. The molecule has 0 aliphatic heterocycles. The number of nitrogens with one attached hydrogen (secondary N) is 2. The molecular weight excluding hydrogens is 176 g/mol. The summed E-state index contributed by atoms with van der Waals surface area (Å²) >= 11 is 0. The minimum absolute atomic E-state index is 0.574. The van der Waals surface area contributed by atoms with Crippen LogP contribution >= 0.6 is 0 Å². The lowest BCUT2D eigenvalue weighted by molar-refractivity contribution is -0.127. The van der Waals surface area contributed by atoms with E-state index in [-0.39, 0.29) is 0 Å². The van der Waals surface area contributed by atoms with Gasteiger partial charge in [0.05, 0.1) is 5.60 Å². The van der Waals surface area contributed by atoms with Gasteiger partial charge in [0.15, 0.2) is 0 Å². The molecule has 1 unspecified atom stereocenters. The van der Waals surface area contributed by atoms with E-state index in [2.05, 4.69) is 5.32 Å². The maximum absolute atomic E-state index is 11.1. The van der Waals surface area contributed by atoms with Crippen molar-refractivity contribution in [3.05, 3.63) is 0 Å². The summed E-state index contributed by atoms with van der Waals surface area (Å²) in [6.07, 6.45) is -1.35. The highest BCUT2D eigenvalue weighted by molar-refractivity contribution is 5.86. The summed E-state index contributed by atoms with van der Waals surface area (Å²) in [6.45, 7) is 2.70. The third-order valence-corrected chi connectivity index (χ3v) is 1.48. The van der Waals surface area contributed by atoms with Gasteiger partial charge in [0.1, 0.15) is 6.04 Å². The van der Waals surface area contributed by atoms with Gasteiger partial charge in [-0.25, -0.2) is 4.79 Å². The van der Waals surface area contributed by atoms with Crippen LogP contribution in [0.5, 0.6) is 0 Å². The summed E-state index contributed by atoms with van der Waals surface area (Å²) in [6, 6.07) is -1.17. The first-order chi connectivity index (χ1) is 5.79. The van der Waals surface area contributed by atoms with Gasteiger partial charge in [0, 0.05) is 7.05 Å². The molecule has 2 amide bonds. The maximum atomic E-state index is 11.1. The molecule has 0 rings (SSSR count). The Labute approximate surface area is 75.9 Å². The van der Waals surface area contributed by atoms with Crippen LogP contribution in [0.2, 0.25) is 0 Å². The second-order valence-electron chi connectivity index (χ2n) is 3.15. The molecule has 0 spiro atoms. The highest BCUT2D eigenvalue weighted by atomic mass is 16.4. The van der Waals surface area contributed by atoms with Crippen molar-refractivity contribution in [3.63, 3.8) is 0 Å². The van der Waals surface area contributed by atoms with Crippen LogP contribution in [0.15, 0.2) is 0 Å². The van der Waals surface area contributed by atoms with Crippen LogP contribution < -0.4 is 10.6 Å². The smallest absolute Gasteiger partial charge is 0.405 e. The topological polar surface area (TPSA) is 98.7 Å². The molecule has 76 valence electrons. The van der Waals surface area contributed by atoms with E-state index in [0.717, 1.165) is 0 Å². The molecule has 0 aromatic carbocycles. The number of hydrogen-bond donors (Lipinski definition) is 4. The first-order valence-corrected chi connectivity index (χ1v) is 3.72. The zero-order valence-electron chi connectivity index (χ0n) is 7.79. The average Bonchev–Trinajstić information content (AvgIpc) is 1.96. The minimum Gasteiger partial charge on any atom is -0.465 e. The van der Waals surface area contributed by atoms with Crippen LogP contribution in [-0.4, -0.2) is 40.9 Å². The lowest BCUT2D eigenvalue weighted by atomic mass is 9.98. The van der Waals surface area contributed by atoms with Crippen molar-refractivity contribution in [3.8, 4) is 0 Å². The predicted octanol–water partition coefficient (Wildman–Crippen LogP) is -0.860. The molecule has 1 atom stereocenters. The highest BCUT2D eigenvalue weighted by Gasteiger charge is 2.33. The molecule has 0 aliphatic carbocycles. The molecule has 6 nitrogen and oxygen atoms in total. The van der Waals surface area contributed by atoms with Crippen molar-refractivity contribution < 1.29 is 19.8 Å². The summed E-state index contributed by atoms with van der Waals surface area (Å²) in [7, 11) is 1.37. The van der Waals surface area contributed by atoms with Gasteiger partial charge in [-0.2, -0.15) is 0 Å². The first kappa shape index (κ1) is 11.7. The third kappa shape index (κ3) is 3.75. The van der Waals surface area contributed by atoms with Gasteiger partial charge in [-0.1, -0.05) is 0 Å². The number of carboxylic acid groups (broad SMARTS) is 1. The van der Waals surface area contributed by atoms with Crippen LogP contribution in [0.3, 0.4) is 0 Å². The van der Waals surface area contributed by atoms with E-state index in [9.17, 15) is 14.7 Å². The Balaban J connectivity index is 4.56. The standard InChI is InChI=1S/C7H14N2O4/c1-7(2,13)4(5(10)8-3)9-6(11)12/h4,9,13H,1-3H3,(H,8,10)(H,11,12). The van der Waals surface area contributed by atoms with E-state index in [4.69, 9.17) is 5.11 Å². The molecule has 0 aliphatic rings. The van der Waals surface area contributed by atoms with Crippen LogP contribution in [0.4, 0.5) is 4.79 Å². The van der Waals surface area contributed by atoms with Crippen LogP contribution in [-0.2, 0) is 4.79 Å². The normalized spacial score (nSPS) is 13.2. The Morgan fingerprint density at radius 3 is 2.08 bits per heavy atom. The van der Waals surface area contributed by atoms with Gasteiger partial charge < -0.3 is 20.8 Å². The number of amides is 2. The molecule has 13 heavy (non-hydrogen) atoms. The van der Waals surface area contributed by atoms with Crippen molar-refractivity contribution in [1.29, 1.82) is 0 Å². The SMILES string of the molecule is CNC(=O)C(NC(=O)O)C(C)(C)O. The van der Waals surface area contributed by atoms with Gasteiger partial charge in [-0.15, -0.1) is 0 Å². The van der Waals surface area contributed by atoms with E-state index >= 15 is 0 Å². The lowest BCUT2D eigenvalue weighted by Gasteiger charge is -2.27. The molecule has 0 fully saturated rings. The van der Waals surface area contributed by atoms with Crippen molar-refractivity contribution >= 4 is 12.0 Å². The van der Waals surface area contributed by atoms with Crippen LogP contribution in [0.1, 0.15) is 13.8 Å². The van der Waals surface area contributed by atoms with Crippen molar-refractivity contribution in [2.24, 2.45) is 0 Å². The number of carbonyl (C=O) groups excluding carboxylic acids is 1. The maximum Gasteiger partial charge on any atom is 0.405 e. The van der Waals surface area contributed by atoms with Crippen molar-refractivity contribution in [1.82, 2.24) is 10.6 Å². The van der Waals surface area contributed by atoms with Crippen molar-refractivity contribution in [2.45, 2.75) is 25.5 Å². The first-order valence-electron chi connectivity index (χ1n) is 3.72. The number of likely N-dealkylation sites (N-methyl/N-ethyl adjacent to an activating group) is 1. The lowest BCUT2D eigenvalue weighted by Crippen LogP contribution is -2.56. The number of hydrogen-bond acceptors (Lipinski definition) is 3. The molecule has 0 saturated heterocycles. The Morgan fingerprint density at radius 1 is 1.38 bits per heavy atom. The zero-order chi connectivity index (χ0) is 10.6. The van der Waals surface area contributed by atoms with E-state index in [1.165, 1.54) is 20.9 Å². The number of carbonyl (C=O) groups is 2. The second-order valence-corrected chi connectivity index (χ2v) is 3.15. The van der Waals surface area contributed by atoms with Gasteiger partial charge >= 0.3 is 6.09 Å².